The van der Waals surface area contributed by atoms with Crippen LogP contribution in [0.1, 0.15) is 183 Å². The highest BCUT2D eigenvalue weighted by Gasteiger charge is 2.41. The minimum atomic E-state index is -1.54. The van der Waals surface area contributed by atoms with E-state index in [4.69, 9.17) is 37.9 Å². The number of hydrogen-bond donors (Lipinski definition) is 1. The maximum Gasteiger partial charge on any atom is 0.172 e. The van der Waals surface area contributed by atoms with E-state index < -0.39 is 50.9 Å². The van der Waals surface area contributed by atoms with Gasteiger partial charge in [0, 0.05) is 12.1 Å². The Labute approximate surface area is 328 Å². The van der Waals surface area contributed by atoms with E-state index in [0.29, 0.717) is 23.0 Å². The molecule has 0 bridgehead atoms. The van der Waals surface area contributed by atoms with Crippen LogP contribution in [0.15, 0.2) is 12.1 Å². The van der Waals surface area contributed by atoms with Crippen LogP contribution in [0.3, 0.4) is 0 Å². The number of hydrogen-bond acceptors (Lipinski definition) is 9. The van der Waals surface area contributed by atoms with Crippen molar-refractivity contribution < 1.29 is 43.0 Å². The summed E-state index contributed by atoms with van der Waals surface area (Å²) in [7, 11) is 0. The van der Waals surface area contributed by atoms with Gasteiger partial charge in [0.05, 0.1) is 11.1 Å². The Bertz CT molecular complexity index is 1350. The Morgan fingerprint density at radius 3 is 0.574 bits per heavy atom. The van der Waals surface area contributed by atoms with Gasteiger partial charge in [0.15, 0.2) is 46.0 Å². The molecular weight excluding hydrogens is 684 g/mol. The van der Waals surface area contributed by atoms with Crippen LogP contribution in [-0.4, -0.2) is 49.9 Å². The van der Waals surface area contributed by atoms with Crippen molar-refractivity contribution >= 4 is 0 Å². The van der Waals surface area contributed by atoms with Crippen molar-refractivity contribution in [2.24, 2.45) is 0 Å². The van der Waals surface area contributed by atoms with Crippen molar-refractivity contribution in [2.75, 3.05) is 0 Å². The van der Waals surface area contributed by atoms with Crippen LogP contribution in [-0.2, 0) is 0 Å². The Morgan fingerprint density at radius 1 is 0.296 bits per heavy atom. The minimum absolute atomic E-state index is 0.271. The summed E-state index contributed by atoms with van der Waals surface area (Å²) in [4.78, 5) is 0. The molecule has 0 aromatic heterocycles. The summed E-state index contributed by atoms with van der Waals surface area (Å²) in [6.45, 7) is 46.9. The molecule has 0 aliphatic carbocycles. The lowest BCUT2D eigenvalue weighted by atomic mass is 9.94. The molecule has 0 aliphatic rings. The van der Waals surface area contributed by atoms with Crippen molar-refractivity contribution in [3.05, 3.63) is 23.3 Å². The van der Waals surface area contributed by atoms with Gasteiger partial charge in [-0.2, -0.15) is 0 Å². The smallest absolute Gasteiger partial charge is 0.172 e. The Morgan fingerprint density at radius 2 is 0.444 bits per heavy atom. The van der Waals surface area contributed by atoms with Gasteiger partial charge in [-0.15, -0.1) is 0 Å². The van der Waals surface area contributed by atoms with E-state index in [1.165, 1.54) is 0 Å². The maximum atomic E-state index is 13.5. The van der Waals surface area contributed by atoms with Gasteiger partial charge in [-0.05, 0) is 166 Å². The van der Waals surface area contributed by atoms with Crippen molar-refractivity contribution in [3.8, 4) is 46.0 Å². The molecule has 2 aromatic carbocycles. The zero-order valence-corrected chi connectivity index (χ0v) is 38.4. The fraction of sp³-hybridized carbons (Fsp3) is 0.733. The summed E-state index contributed by atoms with van der Waals surface area (Å²) >= 11 is 0. The lowest BCUT2D eigenvalue weighted by Crippen LogP contribution is -2.32. The Balaban J connectivity index is 3.57. The molecule has 2 rings (SSSR count). The van der Waals surface area contributed by atoms with Crippen LogP contribution in [0, 0.1) is 0 Å². The summed E-state index contributed by atoms with van der Waals surface area (Å²) in [5.41, 5.74) is -5.01. The fourth-order valence-corrected chi connectivity index (χ4v) is 5.15. The van der Waals surface area contributed by atoms with E-state index in [9.17, 15) is 5.11 Å². The van der Waals surface area contributed by atoms with Crippen molar-refractivity contribution in [1.82, 2.24) is 0 Å². The van der Waals surface area contributed by atoms with Crippen LogP contribution in [0.5, 0.6) is 46.0 Å². The molecule has 0 saturated carbocycles. The summed E-state index contributed by atoms with van der Waals surface area (Å²) in [5.74, 6) is 2.63. The molecule has 310 valence electrons. The summed E-state index contributed by atoms with van der Waals surface area (Å²) in [6, 6.07) is 3.59. The zero-order valence-electron chi connectivity index (χ0n) is 38.4. The van der Waals surface area contributed by atoms with Crippen molar-refractivity contribution in [3.63, 3.8) is 0 Å². The first-order chi connectivity index (χ1) is 23.6. The number of aliphatic hydroxyl groups excluding tert-OH is 1. The first-order valence-electron chi connectivity index (χ1n) is 19.3. The summed E-state index contributed by atoms with van der Waals surface area (Å²) in [6.07, 6.45) is -1.54. The molecule has 0 saturated heterocycles. The second-order valence-electron chi connectivity index (χ2n) is 22.0. The molecule has 0 aliphatic heterocycles. The molecule has 0 fully saturated rings. The van der Waals surface area contributed by atoms with Crippen LogP contribution in [0.4, 0.5) is 0 Å². The van der Waals surface area contributed by atoms with E-state index in [-0.39, 0.29) is 34.1 Å². The molecule has 0 radical (unpaired) electrons. The Kier molecular flexibility index (Phi) is 13.4. The van der Waals surface area contributed by atoms with Crippen molar-refractivity contribution in [2.45, 2.75) is 217 Å². The van der Waals surface area contributed by atoms with Crippen LogP contribution >= 0.6 is 0 Å². The molecule has 2 aromatic rings. The molecule has 9 heteroatoms. The van der Waals surface area contributed by atoms with Gasteiger partial charge in [0.25, 0.3) is 0 Å². The normalized spacial score (nSPS) is 13.8. The summed E-state index contributed by atoms with van der Waals surface area (Å²) < 4.78 is 54.0. The highest BCUT2D eigenvalue weighted by atomic mass is 16.6. The highest BCUT2D eigenvalue weighted by molar-refractivity contribution is 5.69. The van der Waals surface area contributed by atoms with Gasteiger partial charge >= 0.3 is 0 Å². The average Bonchev–Trinajstić information content (AvgIpc) is 2.82. The lowest BCUT2D eigenvalue weighted by molar-refractivity contribution is 0.0658. The maximum absolute atomic E-state index is 13.5. The third kappa shape index (κ3) is 15.5. The molecule has 0 amide bonds. The average molecular weight is 761 g/mol. The fourth-order valence-electron chi connectivity index (χ4n) is 5.15. The monoisotopic (exact) mass is 761 g/mol. The van der Waals surface area contributed by atoms with Crippen molar-refractivity contribution in [1.29, 1.82) is 0 Å². The number of aliphatic hydroxyl groups is 1. The predicted octanol–water partition coefficient (Wildman–Crippen LogP) is 12.2. The molecule has 9 nitrogen and oxygen atoms in total. The second-order valence-corrected chi connectivity index (χ2v) is 22.0. The molecule has 0 unspecified atom stereocenters. The Hall–Kier alpha value is -3.20. The van der Waals surface area contributed by atoms with Gasteiger partial charge in [-0.25, -0.2) is 0 Å². The van der Waals surface area contributed by atoms with E-state index in [1.807, 2.05) is 166 Å². The lowest BCUT2D eigenvalue weighted by Gasteiger charge is -2.37. The second kappa shape index (κ2) is 15.4. The quantitative estimate of drug-likeness (QED) is 0.254. The van der Waals surface area contributed by atoms with Crippen LogP contribution in [0.2, 0.25) is 0 Å². The topological polar surface area (TPSA) is 94.1 Å². The highest BCUT2D eigenvalue weighted by Crippen LogP contribution is 2.58. The first-order valence-corrected chi connectivity index (χ1v) is 19.3. The number of benzene rings is 2. The van der Waals surface area contributed by atoms with Gasteiger partial charge < -0.3 is 43.0 Å². The molecule has 0 atom stereocenters. The first kappa shape index (κ1) is 47.0. The van der Waals surface area contributed by atoms with E-state index in [0.717, 1.165) is 0 Å². The zero-order chi connectivity index (χ0) is 42.4. The largest absolute Gasteiger partial charge is 0.484 e. The van der Waals surface area contributed by atoms with Gasteiger partial charge in [-0.1, -0.05) is 0 Å². The van der Waals surface area contributed by atoms with E-state index in [1.54, 1.807) is 12.1 Å². The number of rotatable bonds is 10. The van der Waals surface area contributed by atoms with E-state index in [2.05, 4.69) is 0 Å². The van der Waals surface area contributed by atoms with Gasteiger partial charge in [0.2, 0.25) is 0 Å². The van der Waals surface area contributed by atoms with Gasteiger partial charge in [0.1, 0.15) is 50.9 Å². The molecular formula is C45H76O9. The SMILES string of the molecule is CC(C)(C)Oc1cc(OC(C)(C)C)c(OC(C)(C)C)c(C(O)c2c(OC(C)(C)C)c(OC(C)(C)C)cc(OC(C)(C)C)c2OC(C)(C)C)c1OC(C)(C)C. The van der Waals surface area contributed by atoms with Crippen LogP contribution < -0.4 is 37.9 Å². The summed E-state index contributed by atoms with van der Waals surface area (Å²) in [5, 5.41) is 13.5. The van der Waals surface area contributed by atoms with Crippen LogP contribution in [0.25, 0.3) is 0 Å². The molecule has 54 heavy (non-hydrogen) atoms. The molecule has 0 heterocycles. The molecule has 0 spiro atoms. The predicted molar refractivity (Wildman–Crippen MR) is 220 cm³/mol. The number of ether oxygens (including phenoxy) is 8. The van der Waals surface area contributed by atoms with E-state index >= 15 is 0 Å². The third-order valence-corrected chi connectivity index (χ3v) is 6.24. The van der Waals surface area contributed by atoms with Gasteiger partial charge in [-0.3, -0.25) is 0 Å². The molecule has 1 N–H and O–H groups in total. The minimum Gasteiger partial charge on any atom is -0.484 e. The third-order valence-electron chi connectivity index (χ3n) is 6.24. The standard InChI is InChI=1S/C45H76O9/c1-38(2,3)47-27-25-28(48-39(4,5)6)35(52-43(16,17)18)31(34(27)51-42(13,14)15)33(46)32-36(53-44(19,20)21)29(49-40(7,8)9)26-30(50-41(10,11)12)37(32)54-45(22,23)24/h25-26,33,46H,1-24H3.